The molecule has 0 spiro atoms. The van der Waals surface area contributed by atoms with Gasteiger partial charge in [-0.1, -0.05) is 47.5 Å². The molecule has 0 aliphatic carbocycles. The van der Waals surface area contributed by atoms with Crippen LogP contribution in [0.5, 0.6) is 0 Å². The number of nitro groups is 1. The third kappa shape index (κ3) is 3.70. The van der Waals surface area contributed by atoms with Gasteiger partial charge in [-0.25, -0.2) is 4.98 Å². The Labute approximate surface area is 180 Å². The van der Waals surface area contributed by atoms with Crippen molar-refractivity contribution in [3.05, 3.63) is 109 Å². The van der Waals surface area contributed by atoms with Crippen LogP contribution in [0, 0.1) is 10.1 Å². The van der Waals surface area contributed by atoms with E-state index in [9.17, 15) is 14.9 Å². The Morgan fingerprint density at radius 2 is 1.70 bits per heavy atom. The van der Waals surface area contributed by atoms with Crippen molar-refractivity contribution in [3.63, 3.8) is 0 Å². The van der Waals surface area contributed by atoms with Crippen LogP contribution in [0.15, 0.2) is 71.5 Å². The molecule has 6 nitrogen and oxygen atoms in total. The highest BCUT2D eigenvalue weighted by Crippen LogP contribution is 2.26. The van der Waals surface area contributed by atoms with Gasteiger partial charge in [0.25, 0.3) is 11.2 Å². The summed E-state index contributed by atoms with van der Waals surface area (Å²) in [5.41, 5.74) is 0.941. The number of hydrogen-bond acceptors (Lipinski definition) is 4. The number of benzene rings is 3. The zero-order valence-electron chi connectivity index (χ0n) is 15.3. The summed E-state index contributed by atoms with van der Waals surface area (Å²) < 4.78 is 1.37. The van der Waals surface area contributed by atoms with Crippen molar-refractivity contribution < 1.29 is 4.92 Å². The van der Waals surface area contributed by atoms with E-state index in [1.54, 1.807) is 66.7 Å². The number of aromatic nitrogens is 2. The maximum absolute atomic E-state index is 13.3. The second-order valence-corrected chi connectivity index (χ2v) is 7.22. The first-order valence-electron chi connectivity index (χ1n) is 8.84. The fourth-order valence-corrected chi connectivity index (χ4v) is 3.61. The molecule has 0 aliphatic heterocycles. The van der Waals surface area contributed by atoms with E-state index < -0.39 is 4.92 Å². The molecule has 0 amide bonds. The van der Waals surface area contributed by atoms with Gasteiger partial charge in [-0.3, -0.25) is 19.5 Å². The standard InChI is InChI=1S/C22H13Cl2N3O3/c23-15-10-11-20(17(24)13-15)26-21(25-18-7-3-2-6-16(18)22(26)28)12-9-14-5-1-4-8-19(14)27(29)30/h1-13H. The average Bonchev–Trinajstić information content (AvgIpc) is 2.73. The van der Waals surface area contributed by atoms with Crippen LogP contribution in [-0.4, -0.2) is 14.5 Å². The predicted molar refractivity (Wildman–Crippen MR) is 119 cm³/mol. The molecule has 4 rings (SSSR count). The SMILES string of the molecule is O=c1c2ccccc2nc(C=Cc2ccccc2[N+](=O)[O-])n1-c1ccc(Cl)cc1Cl. The van der Waals surface area contributed by atoms with Gasteiger partial charge in [0.2, 0.25) is 0 Å². The van der Waals surface area contributed by atoms with Crippen LogP contribution in [0.3, 0.4) is 0 Å². The fourth-order valence-electron chi connectivity index (χ4n) is 3.12. The molecule has 0 N–H and O–H groups in total. The highest BCUT2D eigenvalue weighted by Gasteiger charge is 2.15. The summed E-state index contributed by atoms with van der Waals surface area (Å²) in [4.78, 5) is 28.7. The number of hydrogen-bond donors (Lipinski definition) is 0. The fraction of sp³-hybridized carbons (Fsp3) is 0. The van der Waals surface area contributed by atoms with E-state index in [2.05, 4.69) is 4.98 Å². The van der Waals surface area contributed by atoms with Crippen LogP contribution in [0.4, 0.5) is 5.69 Å². The van der Waals surface area contributed by atoms with Crippen molar-refractivity contribution in [2.24, 2.45) is 0 Å². The summed E-state index contributed by atoms with van der Waals surface area (Å²) >= 11 is 12.4. The molecule has 0 aliphatic rings. The quantitative estimate of drug-likeness (QED) is 0.299. The molecule has 1 heterocycles. The van der Waals surface area contributed by atoms with Crippen LogP contribution in [0.1, 0.15) is 11.4 Å². The smallest absolute Gasteiger partial charge is 0.268 e. The summed E-state index contributed by atoms with van der Waals surface area (Å²) in [6, 6.07) is 18.1. The Morgan fingerprint density at radius 3 is 2.47 bits per heavy atom. The molecule has 4 aromatic rings. The third-order valence-corrected chi connectivity index (χ3v) is 5.04. The molecule has 0 fully saturated rings. The third-order valence-electron chi connectivity index (χ3n) is 4.50. The Hall–Kier alpha value is -3.48. The average molecular weight is 438 g/mol. The summed E-state index contributed by atoms with van der Waals surface area (Å²) in [5.74, 6) is 0.279. The summed E-state index contributed by atoms with van der Waals surface area (Å²) in [6.07, 6.45) is 3.11. The highest BCUT2D eigenvalue weighted by atomic mass is 35.5. The lowest BCUT2D eigenvalue weighted by Crippen LogP contribution is -2.22. The first-order valence-corrected chi connectivity index (χ1v) is 9.60. The lowest BCUT2D eigenvalue weighted by molar-refractivity contribution is -0.385. The second-order valence-electron chi connectivity index (χ2n) is 6.37. The number of fused-ring (bicyclic) bond motifs is 1. The molecule has 0 bridgehead atoms. The minimum atomic E-state index is -0.462. The molecule has 0 radical (unpaired) electrons. The van der Waals surface area contributed by atoms with E-state index in [-0.39, 0.29) is 22.1 Å². The van der Waals surface area contributed by atoms with E-state index in [0.29, 0.717) is 27.2 Å². The summed E-state index contributed by atoms with van der Waals surface area (Å²) in [7, 11) is 0. The largest absolute Gasteiger partial charge is 0.276 e. The molecule has 0 saturated carbocycles. The number of nitro benzene ring substituents is 1. The van der Waals surface area contributed by atoms with Crippen molar-refractivity contribution >= 4 is 51.9 Å². The van der Waals surface area contributed by atoms with Gasteiger partial charge in [-0.2, -0.15) is 0 Å². The Bertz CT molecular complexity index is 1380. The van der Waals surface area contributed by atoms with Gasteiger partial charge in [0.05, 0.1) is 32.1 Å². The molecule has 30 heavy (non-hydrogen) atoms. The molecular formula is C22H13Cl2N3O3. The highest BCUT2D eigenvalue weighted by molar-refractivity contribution is 6.35. The normalized spacial score (nSPS) is 11.3. The van der Waals surface area contributed by atoms with Crippen molar-refractivity contribution in [1.82, 2.24) is 9.55 Å². The van der Waals surface area contributed by atoms with Crippen LogP contribution < -0.4 is 5.56 Å². The van der Waals surface area contributed by atoms with Crippen LogP contribution in [-0.2, 0) is 0 Å². The molecule has 1 aromatic heterocycles. The van der Waals surface area contributed by atoms with Gasteiger partial charge >= 0.3 is 0 Å². The topological polar surface area (TPSA) is 78.0 Å². The minimum Gasteiger partial charge on any atom is -0.268 e. The summed E-state index contributed by atoms with van der Waals surface area (Å²) in [5, 5.41) is 12.4. The minimum absolute atomic E-state index is 0.0482. The lowest BCUT2D eigenvalue weighted by atomic mass is 10.1. The van der Waals surface area contributed by atoms with Crippen molar-refractivity contribution in [2.45, 2.75) is 0 Å². The van der Waals surface area contributed by atoms with Gasteiger partial charge < -0.3 is 0 Å². The molecular weight excluding hydrogens is 425 g/mol. The zero-order valence-corrected chi connectivity index (χ0v) is 16.8. The molecule has 148 valence electrons. The van der Waals surface area contributed by atoms with E-state index in [1.165, 1.54) is 16.7 Å². The number of halogens is 2. The molecule has 8 heteroatoms. The maximum Gasteiger partial charge on any atom is 0.276 e. The van der Waals surface area contributed by atoms with Gasteiger partial charge in [0.15, 0.2) is 0 Å². The van der Waals surface area contributed by atoms with Crippen LogP contribution in [0.25, 0.3) is 28.7 Å². The van der Waals surface area contributed by atoms with Gasteiger partial charge in [0, 0.05) is 11.1 Å². The molecule has 0 saturated heterocycles. The van der Waals surface area contributed by atoms with Crippen molar-refractivity contribution in [1.29, 1.82) is 0 Å². The zero-order chi connectivity index (χ0) is 21.3. The van der Waals surface area contributed by atoms with Gasteiger partial charge in [-0.15, -0.1) is 0 Å². The van der Waals surface area contributed by atoms with Gasteiger partial charge in [-0.05, 0) is 48.6 Å². The first kappa shape index (κ1) is 19.8. The lowest BCUT2D eigenvalue weighted by Gasteiger charge is -2.13. The Kier molecular flexibility index (Phi) is 5.35. The molecule has 0 atom stereocenters. The van der Waals surface area contributed by atoms with Crippen LogP contribution in [0.2, 0.25) is 10.0 Å². The molecule has 3 aromatic carbocycles. The predicted octanol–water partition coefficient (Wildman–Crippen LogP) is 5.77. The van der Waals surface area contributed by atoms with E-state index in [4.69, 9.17) is 23.2 Å². The number of rotatable bonds is 4. The first-order chi connectivity index (χ1) is 14.5. The van der Waals surface area contributed by atoms with Crippen molar-refractivity contribution in [3.8, 4) is 5.69 Å². The van der Waals surface area contributed by atoms with E-state index in [1.807, 2.05) is 0 Å². The Balaban J connectivity index is 1.97. The molecule has 0 unspecified atom stereocenters. The maximum atomic E-state index is 13.3. The Morgan fingerprint density at radius 1 is 0.967 bits per heavy atom. The van der Waals surface area contributed by atoms with Gasteiger partial charge in [0.1, 0.15) is 5.82 Å². The van der Waals surface area contributed by atoms with E-state index >= 15 is 0 Å². The number of nitrogens with zero attached hydrogens (tertiary/aromatic N) is 3. The summed E-state index contributed by atoms with van der Waals surface area (Å²) in [6.45, 7) is 0. The van der Waals surface area contributed by atoms with Crippen molar-refractivity contribution in [2.75, 3.05) is 0 Å². The second kappa shape index (κ2) is 8.10. The van der Waals surface area contributed by atoms with E-state index in [0.717, 1.165) is 0 Å². The van der Waals surface area contributed by atoms with Crippen LogP contribution >= 0.6 is 23.2 Å². The monoisotopic (exact) mass is 437 g/mol. The number of para-hydroxylation sites is 2.